The van der Waals surface area contributed by atoms with E-state index in [1.54, 1.807) is 0 Å². The number of hydrogen-bond donors (Lipinski definition) is 0. The summed E-state index contributed by atoms with van der Waals surface area (Å²) in [5.41, 5.74) is 2.82. The Morgan fingerprint density at radius 3 is 2.75 bits per heavy atom. The first kappa shape index (κ1) is 9.95. The molecule has 0 N–H and O–H groups in total. The van der Waals surface area contributed by atoms with Crippen molar-refractivity contribution in [3.05, 3.63) is 36.0 Å². The van der Waals surface area contributed by atoms with E-state index in [4.69, 9.17) is 0 Å². The number of rotatable bonds is 2. The fourth-order valence-corrected chi connectivity index (χ4v) is 3.04. The fraction of sp³-hybridized carbons (Fsp3) is 0.467. The lowest BCUT2D eigenvalue weighted by atomic mass is 10.1. The van der Waals surface area contributed by atoms with E-state index in [9.17, 15) is 0 Å². The van der Waals surface area contributed by atoms with Gasteiger partial charge in [0, 0.05) is 17.8 Å². The molecule has 1 aliphatic rings. The van der Waals surface area contributed by atoms with Gasteiger partial charge in [-0.2, -0.15) is 0 Å². The molecule has 2 aromatic rings. The highest BCUT2D eigenvalue weighted by molar-refractivity contribution is 5.81. The summed E-state index contributed by atoms with van der Waals surface area (Å²) < 4.78 is 2.51. The van der Waals surface area contributed by atoms with Gasteiger partial charge in [0.25, 0.3) is 0 Å². The van der Waals surface area contributed by atoms with Crippen LogP contribution in [0, 0.1) is 12.8 Å². The average molecular weight is 213 g/mol. The fourth-order valence-electron chi connectivity index (χ4n) is 3.04. The summed E-state index contributed by atoms with van der Waals surface area (Å²) in [6, 6.07) is 11.0. The van der Waals surface area contributed by atoms with E-state index in [0.717, 1.165) is 5.92 Å². The van der Waals surface area contributed by atoms with Crippen molar-refractivity contribution in [2.75, 3.05) is 0 Å². The molecule has 0 spiro atoms. The quantitative estimate of drug-likeness (QED) is 0.706. The van der Waals surface area contributed by atoms with E-state index in [1.165, 1.54) is 48.8 Å². The maximum absolute atomic E-state index is 2.51. The number of hydrogen-bond acceptors (Lipinski definition) is 0. The highest BCUT2D eigenvalue weighted by Crippen LogP contribution is 2.29. The average Bonchev–Trinajstić information content (AvgIpc) is 2.89. The van der Waals surface area contributed by atoms with Crippen molar-refractivity contribution in [3.8, 4) is 0 Å². The van der Waals surface area contributed by atoms with Crippen molar-refractivity contribution in [1.82, 2.24) is 4.57 Å². The minimum absolute atomic E-state index is 0.912. The lowest BCUT2D eigenvalue weighted by Crippen LogP contribution is -2.08. The normalized spacial score (nSPS) is 17.3. The van der Waals surface area contributed by atoms with E-state index in [1.807, 2.05) is 0 Å². The molecule has 1 aromatic heterocycles. The lowest BCUT2D eigenvalue weighted by Gasteiger charge is -2.13. The van der Waals surface area contributed by atoms with Crippen LogP contribution in [0.3, 0.4) is 0 Å². The van der Waals surface area contributed by atoms with Crippen LogP contribution in [0.5, 0.6) is 0 Å². The second-order valence-electron chi connectivity index (χ2n) is 5.11. The summed E-state index contributed by atoms with van der Waals surface area (Å²) in [4.78, 5) is 0. The highest BCUT2D eigenvalue weighted by atomic mass is 15.0. The summed E-state index contributed by atoms with van der Waals surface area (Å²) in [5, 5.41) is 1.39. The molecule has 1 heteroatoms. The SMILES string of the molecule is Cc1cc2ccccc2n1CC1CCCC1. The van der Waals surface area contributed by atoms with Crippen molar-refractivity contribution < 1.29 is 0 Å². The Morgan fingerprint density at radius 1 is 1.19 bits per heavy atom. The first-order valence-electron chi connectivity index (χ1n) is 6.39. The Labute approximate surface area is 97.1 Å². The number of aromatic nitrogens is 1. The van der Waals surface area contributed by atoms with Gasteiger partial charge in [0.05, 0.1) is 0 Å². The van der Waals surface area contributed by atoms with E-state index < -0.39 is 0 Å². The van der Waals surface area contributed by atoms with Gasteiger partial charge in [0.15, 0.2) is 0 Å². The smallest absolute Gasteiger partial charge is 0.0482 e. The molecule has 0 atom stereocenters. The minimum atomic E-state index is 0.912. The molecule has 1 heterocycles. The van der Waals surface area contributed by atoms with Crippen LogP contribution < -0.4 is 0 Å². The third kappa shape index (κ3) is 1.64. The Morgan fingerprint density at radius 2 is 1.94 bits per heavy atom. The van der Waals surface area contributed by atoms with Crippen molar-refractivity contribution in [2.45, 2.75) is 39.2 Å². The number of benzene rings is 1. The number of fused-ring (bicyclic) bond motifs is 1. The topological polar surface area (TPSA) is 4.93 Å². The van der Waals surface area contributed by atoms with Gasteiger partial charge in [-0.15, -0.1) is 0 Å². The molecular weight excluding hydrogens is 194 g/mol. The predicted molar refractivity (Wildman–Crippen MR) is 68.6 cm³/mol. The molecule has 0 amide bonds. The highest BCUT2D eigenvalue weighted by Gasteiger charge is 2.17. The molecule has 0 radical (unpaired) electrons. The summed E-state index contributed by atoms with van der Waals surface area (Å²) in [7, 11) is 0. The van der Waals surface area contributed by atoms with Gasteiger partial charge in [0.2, 0.25) is 0 Å². The van der Waals surface area contributed by atoms with Crippen LogP contribution in [0.1, 0.15) is 31.4 Å². The summed E-state index contributed by atoms with van der Waals surface area (Å²) >= 11 is 0. The largest absolute Gasteiger partial charge is 0.345 e. The monoisotopic (exact) mass is 213 g/mol. The van der Waals surface area contributed by atoms with Gasteiger partial charge < -0.3 is 4.57 Å². The molecule has 84 valence electrons. The second-order valence-corrected chi connectivity index (χ2v) is 5.11. The molecule has 1 saturated carbocycles. The maximum Gasteiger partial charge on any atom is 0.0482 e. The predicted octanol–water partition coefficient (Wildman–Crippen LogP) is 4.14. The third-order valence-corrected chi connectivity index (χ3v) is 3.93. The molecule has 0 bridgehead atoms. The van der Waals surface area contributed by atoms with Gasteiger partial charge in [-0.1, -0.05) is 31.0 Å². The molecule has 3 rings (SSSR count). The van der Waals surface area contributed by atoms with Crippen molar-refractivity contribution in [2.24, 2.45) is 5.92 Å². The molecule has 1 aliphatic carbocycles. The summed E-state index contributed by atoms with van der Waals surface area (Å²) in [5.74, 6) is 0.912. The summed E-state index contributed by atoms with van der Waals surface area (Å²) in [6.45, 7) is 3.45. The van der Waals surface area contributed by atoms with Crippen molar-refractivity contribution >= 4 is 10.9 Å². The Balaban J connectivity index is 1.98. The minimum Gasteiger partial charge on any atom is -0.345 e. The second kappa shape index (κ2) is 3.97. The first-order valence-corrected chi connectivity index (χ1v) is 6.39. The molecule has 1 aromatic carbocycles. The Bertz CT molecular complexity index is 489. The van der Waals surface area contributed by atoms with Crippen LogP contribution >= 0.6 is 0 Å². The van der Waals surface area contributed by atoms with Crippen LogP contribution in [0.2, 0.25) is 0 Å². The van der Waals surface area contributed by atoms with Gasteiger partial charge >= 0.3 is 0 Å². The van der Waals surface area contributed by atoms with Crippen LogP contribution in [-0.2, 0) is 6.54 Å². The van der Waals surface area contributed by atoms with Crippen LogP contribution in [0.4, 0.5) is 0 Å². The summed E-state index contributed by atoms with van der Waals surface area (Å²) in [6.07, 6.45) is 5.71. The van der Waals surface area contributed by atoms with Crippen molar-refractivity contribution in [3.63, 3.8) is 0 Å². The van der Waals surface area contributed by atoms with Crippen molar-refractivity contribution in [1.29, 1.82) is 0 Å². The standard InChI is InChI=1S/C15H19N/c1-12-10-14-8-4-5-9-15(14)16(12)11-13-6-2-3-7-13/h4-5,8-10,13H,2-3,6-7,11H2,1H3. The van der Waals surface area contributed by atoms with Gasteiger partial charge in [0.1, 0.15) is 0 Å². The molecule has 0 saturated heterocycles. The molecule has 0 aliphatic heterocycles. The van der Waals surface area contributed by atoms with Crippen LogP contribution in [-0.4, -0.2) is 4.57 Å². The van der Waals surface area contributed by atoms with E-state index in [2.05, 4.69) is 41.8 Å². The van der Waals surface area contributed by atoms with Gasteiger partial charge in [-0.25, -0.2) is 0 Å². The zero-order valence-electron chi connectivity index (χ0n) is 9.95. The van der Waals surface area contributed by atoms with Gasteiger partial charge in [-0.3, -0.25) is 0 Å². The number of aryl methyl sites for hydroxylation is 1. The number of nitrogens with zero attached hydrogens (tertiary/aromatic N) is 1. The molecule has 1 nitrogen and oxygen atoms in total. The van der Waals surface area contributed by atoms with Crippen LogP contribution in [0.15, 0.2) is 30.3 Å². The molecular formula is C15H19N. The molecule has 0 unspecified atom stereocenters. The van der Waals surface area contributed by atoms with Crippen LogP contribution in [0.25, 0.3) is 10.9 Å². The van der Waals surface area contributed by atoms with E-state index in [-0.39, 0.29) is 0 Å². The maximum atomic E-state index is 2.51. The zero-order chi connectivity index (χ0) is 11.0. The molecule has 16 heavy (non-hydrogen) atoms. The Hall–Kier alpha value is -1.24. The number of para-hydroxylation sites is 1. The van der Waals surface area contributed by atoms with E-state index >= 15 is 0 Å². The first-order chi connectivity index (χ1) is 7.84. The molecule has 1 fully saturated rings. The van der Waals surface area contributed by atoms with E-state index in [0.29, 0.717) is 0 Å². The third-order valence-electron chi connectivity index (χ3n) is 3.93. The van der Waals surface area contributed by atoms with Gasteiger partial charge in [-0.05, 0) is 43.2 Å². The zero-order valence-corrected chi connectivity index (χ0v) is 9.95. The Kier molecular flexibility index (Phi) is 2.47. The lowest BCUT2D eigenvalue weighted by molar-refractivity contribution is 0.461.